The Morgan fingerprint density at radius 2 is 1.75 bits per heavy atom. The van der Waals surface area contributed by atoms with Crippen molar-refractivity contribution in [2.24, 2.45) is 0 Å². The lowest BCUT2D eigenvalue weighted by molar-refractivity contribution is 0.471. The summed E-state index contributed by atoms with van der Waals surface area (Å²) in [6.07, 6.45) is 0. The highest BCUT2D eigenvalue weighted by Crippen LogP contribution is 2.15. The second kappa shape index (κ2) is 2.94. The minimum absolute atomic E-state index is 0.426. The number of aromatic hydroxyl groups is 1. The van der Waals surface area contributed by atoms with Crippen LogP contribution in [0.2, 0.25) is 19.6 Å². The van der Waals surface area contributed by atoms with Gasteiger partial charge in [-0.05, 0) is 18.6 Å². The van der Waals surface area contributed by atoms with Crippen molar-refractivity contribution < 1.29 is 5.11 Å². The van der Waals surface area contributed by atoms with E-state index in [2.05, 4.69) is 25.7 Å². The van der Waals surface area contributed by atoms with Gasteiger partial charge in [-0.25, -0.2) is 0 Å². The van der Waals surface area contributed by atoms with Crippen LogP contribution in [0.25, 0.3) is 0 Å². The molecule has 0 unspecified atom stereocenters. The third kappa shape index (κ3) is 1.69. The van der Waals surface area contributed by atoms with Crippen molar-refractivity contribution in [1.82, 2.24) is 0 Å². The summed E-state index contributed by atoms with van der Waals surface area (Å²) in [5.74, 6) is 0.426. The summed E-state index contributed by atoms with van der Waals surface area (Å²) >= 11 is 0. The Morgan fingerprint density at radius 3 is 2.17 bits per heavy atom. The molecule has 0 saturated carbocycles. The summed E-state index contributed by atoms with van der Waals surface area (Å²) < 4.78 is 0. The van der Waals surface area contributed by atoms with Crippen LogP contribution >= 0.6 is 0 Å². The molecule has 1 rings (SSSR count). The Labute approximate surface area is 75.1 Å². The molecule has 1 N–H and O–H groups in total. The molecule has 0 fully saturated rings. The standard InChI is InChI=1S/C10H16OSi/c1-8-9(11)6-5-7-10(8)12(2,3)4/h5-7,11H,1-4H3. The van der Waals surface area contributed by atoms with Gasteiger partial charge in [-0.1, -0.05) is 37.0 Å². The highest BCUT2D eigenvalue weighted by atomic mass is 28.3. The van der Waals surface area contributed by atoms with Crippen molar-refractivity contribution in [2.45, 2.75) is 26.6 Å². The van der Waals surface area contributed by atoms with Crippen molar-refractivity contribution >= 4 is 13.3 Å². The topological polar surface area (TPSA) is 20.2 Å². The van der Waals surface area contributed by atoms with Crippen LogP contribution in [0.5, 0.6) is 5.75 Å². The molecule has 0 saturated heterocycles. The Bertz CT molecular complexity index is 286. The van der Waals surface area contributed by atoms with Gasteiger partial charge in [-0.15, -0.1) is 0 Å². The number of benzene rings is 1. The van der Waals surface area contributed by atoms with Crippen molar-refractivity contribution in [3.63, 3.8) is 0 Å². The van der Waals surface area contributed by atoms with Gasteiger partial charge in [0, 0.05) is 0 Å². The molecule has 1 aromatic carbocycles. The molecule has 0 atom stereocenters. The minimum atomic E-state index is -1.27. The lowest BCUT2D eigenvalue weighted by Gasteiger charge is -2.19. The third-order valence-electron chi connectivity index (χ3n) is 2.11. The highest BCUT2D eigenvalue weighted by molar-refractivity contribution is 6.89. The van der Waals surface area contributed by atoms with E-state index in [-0.39, 0.29) is 0 Å². The van der Waals surface area contributed by atoms with Crippen molar-refractivity contribution in [3.05, 3.63) is 23.8 Å². The van der Waals surface area contributed by atoms with Gasteiger partial charge in [0.2, 0.25) is 0 Å². The summed E-state index contributed by atoms with van der Waals surface area (Å²) in [6, 6.07) is 5.80. The number of phenols is 1. The molecule has 0 spiro atoms. The number of phenolic OH excluding ortho intramolecular Hbond substituents is 1. The smallest absolute Gasteiger partial charge is 0.118 e. The average Bonchev–Trinajstić information content (AvgIpc) is 1.92. The maximum absolute atomic E-state index is 9.49. The fraction of sp³-hybridized carbons (Fsp3) is 0.400. The van der Waals surface area contributed by atoms with Crippen LogP contribution in [0.1, 0.15) is 5.56 Å². The van der Waals surface area contributed by atoms with E-state index in [0.29, 0.717) is 5.75 Å². The molecule has 0 bridgehead atoms. The summed E-state index contributed by atoms with van der Waals surface area (Å²) in [6.45, 7) is 8.85. The maximum Gasteiger partial charge on any atom is 0.118 e. The van der Waals surface area contributed by atoms with Gasteiger partial charge >= 0.3 is 0 Å². The van der Waals surface area contributed by atoms with Crippen LogP contribution in [-0.2, 0) is 0 Å². The normalized spacial score (nSPS) is 11.7. The number of hydrogen-bond donors (Lipinski definition) is 1. The first kappa shape index (κ1) is 9.33. The van der Waals surface area contributed by atoms with Crippen LogP contribution in [0.15, 0.2) is 18.2 Å². The van der Waals surface area contributed by atoms with E-state index >= 15 is 0 Å². The first-order valence-electron chi connectivity index (χ1n) is 4.22. The molecule has 1 aromatic rings. The summed E-state index contributed by atoms with van der Waals surface area (Å²) in [5, 5.41) is 10.8. The predicted octanol–water partition coefficient (Wildman–Crippen LogP) is 2.25. The molecule has 0 aliphatic carbocycles. The van der Waals surface area contributed by atoms with E-state index in [1.54, 1.807) is 6.07 Å². The van der Waals surface area contributed by atoms with Crippen LogP contribution in [-0.4, -0.2) is 13.2 Å². The lowest BCUT2D eigenvalue weighted by atomic mass is 10.2. The Hall–Kier alpha value is -0.763. The molecular formula is C10H16OSi. The van der Waals surface area contributed by atoms with Crippen LogP contribution in [0.4, 0.5) is 0 Å². The fourth-order valence-corrected chi connectivity index (χ4v) is 3.29. The van der Waals surface area contributed by atoms with Crippen molar-refractivity contribution in [1.29, 1.82) is 0 Å². The largest absolute Gasteiger partial charge is 0.508 e. The van der Waals surface area contributed by atoms with E-state index < -0.39 is 8.07 Å². The van der Waals surface area contributed by atoms with E-state index in [4.69, 9.17) is 0 Å². The second-order valence-electron chi connectivity index (χ2n) is 4.20. The van der Waals surface area contributed by atoms with Crippen LogP contribution in [0.3, 0.4) is 0 Å². The molecule has 0 radical (unpaired) electrons. The third-order valence-corrected chi connectivity index (χ3v) is 4.27. The summed E-state index contributed by atoms with van der Waals surface area (Å²) in [5.41, 5.74) is 1.05. The Balaban J connectivity index is 3.26. The molecule has 66 valence electrons. The Morgan fingerprint density at radius 1 is 1.17 bits per heavy atom. The van der Waals surface area contributed by atoms with Gasteiger partial charge < -0.3 is 5.11 Å². The molecule has 12 heavy (non-hydrogen) atoms. The zero-order chi connectivity index (χ0) is 9.35. The fourth-order valence-electron chi connectivity index (χ4n) is 1.44. The molecule has 0 amide bonds. The maximum atomic E-state index is 9.49. The van der Waals surface area contributed by atoms with Crippen molar-refractivity contribution in [3.8, 4) is 5.75 Å². The van der Waals surface area contributed by atoms with Gasteiger partial charge in [0.05, 0.1) is 8.07 Å². The first-order chi connectivity index (χ1) is 5.43. The quantitative estimate of drug-likeness (QED) is 0.657. The average molecular weight is 180 g/mol. The molecule has 0 heterocycles. The molecule has 2 heteroatoms. The highest BCUT2D eigenvalue weighted by Gasteiger charge is 2.19. The molecule has 0 aromatic heterocycles. The SMILES string of the molecule is Cc1c(O)cccc1[Si](C)(C)C. The van der Waals surface area contributed by atoms with Gasteiger partial charge in [0.25, 0.3) is 0 Å². The summed E-state index contributed by atoms with van der Waals surface area (Å²) in [4.78, 5) is 0. The zero-order valence-electron chi connectivity index (χ0n) is 8.18. The van der Waals surface area contributed by atoms with Crippen molar-refractivity contribution in [2.75, 3.05) is 0 Å². The van der Waals surface area contributed by atoms with E-state index in [0.717, 1.165) is 5.56 Å². The zero-order valence-corrected chi connectivity index (χ0v) is 9.18. The number of hydrogen-bond acceptors (Lipinski definition) is 1. The van der Waals surface area contributed by atoms with E-state index in [1.165, 1.54) is 5.19 Å². The van der Waals surface area contributed by atoms with Gasteiger partial charge in [0.1, 0.15) is 5.75 Å². The predicted molar refractivity (Wildman–Crippen MR) is 55.8 cm³/mol. The molecule has 0 aliphatic heterocycles. The van der Waals surface area contributed by atoms with E-state index in [1.807, 2.05) is 13.0 Å². The monoisotopic (exact) mass is 180 g/mol. The summed E-state index contributed by atoms with van der Waals surface area (Å²) in [7, 11) is -1.27. The Kier molecular flexibility index (Phi) is 2.28. The number of rotatable bonds is 1. The van der Waals surface area contributed by atoms with Gasteiger partial charge in [-0.2, -0.15) is 0 Å². The van der Waals surface area contributed by atoms with Crippen LogP contribution < -0.4 is 5.19 Å². The van der Waals surface area contributed by atoms with Gasteiger partial charge in [-0.3, -0.25) is 0 Å². The van der Waals surface area contributed by atoms with E-state index in [9.17, 15) is 5.11 Å². The van der Waals surface area contributed by atoms with Crippen LogP contribution in [0, 0.1) is 6.92 Å². The first-order valence-corrected chi connectivity index (χ1v) is 7.72. The molecule has 1 nitrogen and oxygen atoms in total. The minimum Gasteiger partial charge on any atom is -0.508 e. The molecular weight excluding hydrogens is 164 g/mol. The van der Waals surface area contributed by atoms with Gasteiger partial charge in [0.15, 0.2) is 0 Å². The lowest BCUT2D eigenvalue weighted by Crippen LogP contribution is -2.39. The molecule has 0 aliphatic rings. The second-order valence-corrected chi connectivity index (χ2v) is 9.24.